The monoisotopic (exact) mass is 272 g/mol. The van der Waals surface area contributed by atoms with Gasteiger partial charge < -0.3 is 14.2 Å². The van der Waals surface area contributed by atoms with Crippen molar-refractivity contribution < 1.29 is 28.6 Å². The maximum atomic E-state index is 11.3. The molecule has 0 aromatic carbocycles. The van der Waals surface area contributed by atoms with Gasteiger partial charge in [-0.2, -0.15) is 0 Å². The van der Waals surface area contributed by atoms with Gasteiger partial charge >= 0.3 is 17.9 Å². The minimum Gasteiger partial charge on any atom is -0.465 e. The van der Waals surface area contributed by atoms with E-state index in [1.165, 1.54) is 0 Å². The lowest BCUT2D eigenvalue weighted by Crippen LogP contribution is -2.18. The van der Waals surface area contributed by atoms with Crippen LogP contribution in [0.4, 0.5) is 0 Å². The van der Waals surface area contributed by atoms with Gasteiger partial charge in [0.1, 0.15) is 19.8 Å². The second kappa shape index (κ2) is 10.1. The van der Waals surface area contributed by atoms with E-state index in [1.54, 1.807) is 6.92 Å². The molecule has 0 amide bonds. The molecule has 0 N–H and O–H groups in total. The molecule has 6 nitrogen and oxygen atoms in total. The number of hydrogen-bond donors (Lipinski definition) is 0. The van der Waals surface area contributed by atoms with Gasteiger partial charge in [-0.15, -0.1) is 0 Å². The lowest BCUT2D eigenvalue weighted by atomic mass is 10.1. The van der Waals surface area contributed by atoms with Crippen molar-refractivity contribution in [1.82, 2.24) is 0 Å². The third-order valence-corrected chi connectivity index (χ3v) is 2.32. The highest BCUT2D eigenvalue weighted by atomic mass is 16.6. The van der Waals surface area contributed by atoms with E-state index in [-0.39, 0.29) is 38.1 Å². The minimum absolute atomic E-state index is 0.00550. The number of esters is 3. The second-order valence-electron chi connectivity index (χ2n) is 3.82. The molecule has 0 rings (SSSR count). The van der Waals surface area contributed by atoms with E-state index in [2.05, 4.69) is 11.3 Å². The molecule has 6 heteroatoms. The Bertz CT molecular complexity index is 323. The Balaban J connectivity index is 3.57. The summed E-state index contributed by atoms with van der Waals surface area (Å²) in [7, 11) is 0. The van der Waals surface area contributed by atoms with Gasteiger partial charge in [-0.05, 0) is 6.42 Å². The van der Waals surface area contributed by atoms with Crippen molar-refractivity contribution in [1.29, 1.82) is 0 Å². The molecular formula is C13H20O6. The fourth-order valence-electron chi connectivity index (χ4n) is 0.973. The first-order valence-corrected chi connectivity index (χ1v) is 6.12. The predicted molar refractivity (Wildman–Crippen MR) is 67.1 cm³/mol. The van der Waals surface area contributed by atoms with Crippen molar-refractivity contribution >= 4 is 17.9 Å². The van der Waals surface area contributed by atoms with Crippen molar-refractivity contribution in [2.45, 2.75) is 26.7 Å². The average molecular weight is 272 g/mol. The summed E-state index contributed by atoms with van der Waals surface area (Å²) in [6.45, 7) is 6.80. The molecule has 1 atom stereocenters. The van der Waals surface area contributed by atoms with Crippen molar-refractivity contribution in [3.63, 3.8) is 0 Å². The highest BCUT2D eigenvalue weighted by Gasteiger charge is 2.12. The third-order valence-electron chi connectivity index (χ3n) is 2.32. The molecule has 1 unspecified atom stereocenters. The first-order chi connectivity index (χ1) is 9.01. The Kier molecular flexibility index (Phi) is 9.12. The van der Waals surface area contributed by atoms with Gasteiger partial charge in [-0.25, -0.2) is 4.79 Å². The van der Waals surface area contributed by atoms with Gasteiger partial charge in [0.2, 0.25) is 0 Å². The van der Waals surface area contributed by atoms with E-state index >= 15 is 0 Å². The summed E-state index contributed by atoms with van der Waals surface area (Å²) in [5.74, 6) is -1.57. The van der Waals surface area contributed by atoms with Gasteiger partial charge in [0, 0.05) is 6.08 Å². The number of carbonyl (C=O) groups is 3. The Morgan fingerprint density at radius 3 is 2.32 bits per heavy atom. The van der Waals surface area contributed by atoms with Crippen molar-refractivity contribution in [3.05, 3.63) is 12.7 Å². The van der Waals surface area contributed by atoms with Gasteiger partial charge in [-0.1, -0.05) is 20.4 Å². The van der Waals surface area contributed by atoms with Crippen LogP contribution in [0.2, 0.25) is 0 Å². The Hall–Kier alpha value is -1.85. The highest BCUT2D eigenvalue weighted by Crippen LogP contribution is 2.03. The largest absolute Gasteiger partial charge is 0.465 e. The van der Waals surface area contributed by atoms with E-state index < -0.39 is 11.9 Å². The molecule has 0 aromatic rings. The van der Waals surface area contributed by atoms with E-state index in [0.717, 1.165) is 6.08 Å². The van der Waals surface area contributed by atoms with Crippen LogP contribution in [-0.2, 0) is 28.6 Å². The normalized spacial score (nSPS) is 11.3. The lowest BCUT2D eigenvalue weighted by molar-refractivity contribution is -0.154. The van der Waals surface area contributed by atoms with Crippen LogP contribution in [0.15, 0.2) is 12.7 Å². The van der Waals surface area contributed by atoms with Gasteiger partial charge in [0.05, 0.1) is 12.3 Å². The maximum Gasteiger partial charge on any atom is 0.330 e. The van der Waals surface area contributed by atoms with Crippen LogP contribution in [0.3, 0.4) is 0 Å². The van der Waals surface area contributed by atoms with Crippen molar-refractivity contribution in [2.75, 3.05) is 19.8 Å². The summed E-state index contributed by atoms with van der Waals surface area (Å²) in [6.07, 6.45) is 1.70. The van der Waals surface area contributed by atoms with Crippen molar-refractivity contribution in [3.8, 4) is 0 Å². The predicted octanol–water partition coefficient (Wildman–Crippen LogP) is 1.24. The van der Waals surface area contributed by atoms with E-state index in [1.807, 2.05) is 6.92 Å². The molecule has 0 saturated carbocycles. The van der Waals surface area contributed by atoms with Crippen LogP contribution in [0.25, 0.3) is 0 Å². The molecule has 0 fully saturated rings. The lowest BCUT2D eigenvalue weighted by Gasteiger charge is -2.09. The summed E-state index contributed by atoms with van der Waals surface area (Å²) in [4.78, 5) is 33.1. The molecule has 0 aliphatic rings. The number of rotatable bonds is 9. The molecular weight excluding hydrogens is 252 g/mol. The molecule has 0 aliphatic heterocycles. The summed E-state index contributed by atoms with van der Waals surface area (Å²) in [5.41, 5.74) is 0. The SMILES string of the molecule is C=CC(=O)OCCOC(=O)CCOC(=O)C(C)CC. The topological polar surface area (TPSA) is 78.9 Å². The highest BCUT2D eigenvalue weighted by molar-refractivity contribution is 5.81. The average Bonchev–Trinajstić information content (AvgIpc) is 2.42. The van der Waals surface area contributed by atoms with E-state index in [9.17, 15) is 14.4 Å². The minimum atomic E-state index is -0.571. The van der Waals surface area contributed by atoms with E-state index in [0.29, 0.717) is 6.42 Å². The quantitative estimate of drug-likeness (QED) is 0.272. The summed E-state index contributed by atoms with van der Waals surface area (Å²) in [6, 6.07) is 0. The van der Waals surface area contributed by atoms with Crippen LogP contribution in [0.5, 0.6) is 0 Å². The summed E-state index contributed by atoms with van der Waals surface area (Å²) < 4.78 is 14.3. The summed E-state index contributed by atoms with van der Waals surface area (Å²) >= 11 is 0. The molecule has 108 valence electrons. The molecule has 19 heavy (non-hydrogen) atoms. The Labute approximate surface area is 112 Å². The smallest absolute Gasteiger partial charge is 0.330 e. The first-order valence-electron chi connectivity index (χ1n) is 6.12. The Morgan fingerprint density at radius 1 is 1.11 bits per heavy atom. The molecule has 0 saturated heterocycles. The van der Waals surface area contributed by atoms with Crippen LogP contribution in [0, 0.1) is 5.92 Å². The Morgan fingerprint density at radius 2 is 1.74 bits per heavy atom. The van der Waals surface area contributed by atoms with E-state index in [4.69, 9.17) is 9.47 Å². The van der Waals surface area contributed by atoms with Gasteiger partial charge in [-0.3, -0.25) is 9.59 Å². The van der Waals surface area contributed by atoms with Crippen LogP contribution in [0.1, 0.15) is 26.7 Å². The molecule has 0 bridgehead atoms. The summed E-state index contributed by atoms with van der Waals surface area (Å²) in [5, 5.41) is 0. The van der Waals surface area contributed by atoms with Crippen molar-refractivity contribution in [2.24, 2.45) is 5.92 Å². The first kappa shape index (κ1) is 17.2. The zero-order chi connectivity index (χ0) is 14.7. The molecule has 0 aromatic heterocycles. The fourth-order valence-corrected chi connectivity index (χ4v) is 0.973. The molecule has 0 radical (unpaired) electrons. The van der Waals surface area contributed by atoms with Crippen LogP contribution >= 0.6 is 0 Å². The molecule has 0 aliphatic carbocycles. The number of hydrogen-bond acceptors (Lipinski definition) is 6. The number of ether oxygens (including phenoxy) is 3. The zero-order valence-electron chi connectivity index (χ0n) is 11.3. The maximum absolute atomic E-state index is 11.3. The van der Waals surface area contributed by atoms with Crippen LogP contribution in [-0.4, -0.2) is 37.7 Å². The standard InChI is InChI=1S/C13H20O6/c1-4-10(3)13(16)19-7-6-12(15)18-9-8-17-11(14)5-2/h5,10H,2,4,6-9H2,1,3H3. The van der Waals surface area contributed by atoms with Crippen LogP contribution < -0.4 is 0 Å². The second-order valence-corrected chi connectivity index (χ2v) is 3.82. The van der Waals surface area contributed by atoms with Gasteiger partial charge in [0.15, 0.2) is 0 Å². The zero-order valence-corrected chi connectivity index (χ0v) is 11.3. The molecule has 0 spiro atoms. The van der Waals surface area contributed by atoms with Gasteiger partial charge in [0.25, 0.3) is 0 Å². The third kappa shape index (κ3) is 8.82. The fraction of sp³-hybridized carbons (Fsp3) is 0.615. The number of carbonyl (C=O) groups excluding carboxylic acids is 3. The molecule has 0 heterocycles.